The fourth-order valence-electron chi connectivity index (χ4n) is 3.99. The molecule has 2 aliphatic rings. The Bertz CT molecular complexity index is 882. The Hall–Kier alpha value is -1.86. The lowest BCUT2D eigenvalue weighted by Gasteiger charge is -2.35. The molecule has 1 aromatic carbocycles. The SMILES string of the molecule is O=C(NC1CCN(C2CCS(=O)(=O)C2)CC1)c1c[nH]c2ccccc12. The van der Waals surface area contributed by atoms with Crippen LogP contribution in [-0.4, -0.2) is 60.9 Å². The van der Waals surface area contributed by atoms with Gasteiger partial charge in [0.2, 0.25) is 0 Å². The second-order valence-electron chi connectivity index (χ2n) is 7.09. The fraction of sp³-hybridized carbons (Fsp3) is 0.500. The van der Waals surface area contributed by atoms with E-state index in [1.165, 1.54) is 0 Å². The Morgan fingerprint density at radius 3 is 2.64 bits per heavy atom. The summed E-state index contributed by atoms with van der Waals surface area (Å²) in [7, 11) is -2.84. The van der Waals surface area contributed by atoms with Crippen LogP contribution >= 0.6 is 0 Å². The molecule has 0 spiro atoms. The first-order valence-electron chi connectivity index (χ1n) is 8.83. The van der Waals surface area contributed by atoms with Gasteiger partial charge in [0.25, 0.3) is 5.91 Å². The van der Waals surface area contributed by atoms with E-state index in [0.717, 1.165) is 43.3 Å². The van der Waals surface area contributed by atoms with Crippen LogP contribution in [0.1, 0.15) is 29.6 Å². The normalized spacial score (nSPS) is 24.6. The summed E-state index contributed by atoms with van der Waals surface area (Å²) in [4.78, 5) is 18.0. The topological polar surface area (TPSA) is 82.3 Å². The Morgan fingerprint density at radius 2 is 1.92 bits per heavy atom. The number of fused-ring (bicyclic) bond motifs is 1. The summed E-state index contributed by atoms with van der Waals surface area (Å²) < 4.78 is 23.3. The van der Waals surface area contributed by atoms with Crippen molar-refractivity contribution in [3.8, 4) is 0 Å². The van der Waals surface area contributed by atoms with Crippen molar-refractivity contribution in [2.75, 3.05) is 24.6 Å². The number of likely N-dealkylation sites (tertiary alicyclic amines) is 1. The number of rotatable bonds is 3. The number of benzene rings is 1. The highest BCUT2D eigenvalue weighted by atomic mass is 32.2. The largest absolute Gasteiger partial charge is 0.360 e. The summed E-state index contributed by atoms with van der Waals surface area (Å²) >= 11 is 0. The van der Waals surface area contributed by atoms with Crippen LogP contribution in [0, 0.1) is 0 Å². The van der Waals surface area contributed by atoms with Gasteiger partial charge < -0.3 is 10.3 Å². The predicted octanol–water partition coefficient (Wildman–Crippen LogP) is 1.55. The molecule has 7 heteroatoms. The van der Waals surface area contributed by atoms with Gasteiger partial charge in [-0.1, -0.05) is 18.2 Å². The molecule has 2 saturated heterocycles. The van der Waals surface area contributed by atoms with E-state index in [9.17, 15) is 13.2 Å². The quantitative estimate of drug-likeness (QED) is 0.869. The maximum absolute atomic E-state index is 12.6. The third kappa shape index (κ3) is 3.43. The molecule has 4 rings (SSSR count). The van der Waals surface area contributed by atoms with Crippen LogP contribution in [-0.2, 0) is 9.84 Å². The Labute approximate surface area is 147 Å². The summed E-state index contributed by atoms with van der Waals surface area (Å²) in [5.41, 5.74) is 1.64. The molecule has 1 aromatic heterocycles. The van der Waals surface area contributed by atoms with Crippen molar-refractivity contribution in [1.82, 2.24) is 15.2 Å². The van der Waals surface area contributed by atoms with E-state index in [0.29, 0.717) is 17.1 Å². The molecule has 1 atom stereocenters. The van der Waals surface area contributed by atoms with Crippen LogP contribution in [0.4, 0.5) is 0 Å². The van der Waals surface area contributed by atoms with Crippen molar-refractivity contribution in [2.24, 2.45) is 0 Å². The summed E-state index contributed by atoms with van der Waals surface area (Å²) in [5.74, 6) is 0.563. The van der Waals surface area contributed by atoms with E-state index in [1.807, 2.05) is 24.3 Å². The summed E-state index contributed by atoms with van der Waals surface area (Å²) in [6.07, 6.45) is 4.24. The van der Waals surface area contributed by atoms with Gasteiger partial charge in [-0.05, 0) is 25.3 Å². The number of nitrogens with one attached hydrogen (secondary N) is 2. The van der Waals surface area contributed by atoms with Crippen molar-refractivity contribution < 1.29 is 13.2 Å². The van der Waals surface area contributed by atoms with Crippen molar-refractivity contribution in [3.63, 3.8) is 0 Å². The fourth-order valence-corrected chi connectivity index (χ4v) is 5.76. The predicted molar refractivity (Wildman–Crippen MR) is 97.4 cm³/mol. The van der Waals surface area contributed by atoms with Gasteiger partial charge in [-0.3, -0.25) is 9.69 Å². The molecule has 2 N–H and O–H groups in total. The molecule has 134 valence electrons. The van der Waals surface area contributed by atoms with Crippen molar-refractivity contribution in [2.45, 2.75) is 31.3 Å². The number of amides is 1. The highest BCUT2D eigenvalue weighted by Crippen LogP contribution is 2.23. The van der Waals surface area contributed by atoms with Crippen molar-refractivity contribution in [3.05, 3.63) is 36.0 Å². The average molecular weight is 361 g/mol. The summed E-state index contributed by atoms with van der Waals surface area (Å²) in [5, 5.41) is 4.08. The van der Waals surface area contributed by atoms with E-state index in [4.69, 9.17) is 0 Å². The lowest BCUT2D eigenvalue weighted by Crippen LogP contribution is -2.48. The van der Waals surface area contributed by atoms with Gasteiger partial charge in [0, 0.05) is 42.3 Å². The molecule has 0 radical (unpaired) electrons. The zero-order valence-electron chi connectivity index (χ0n) is 14.1. The maximum atomic E-state index is 12.6. The molecule has 25 heavy (non-hydrogen) atoms. The zero-order chi connectivity index (χ0) is 17.4. The van der Waals surface area contributed by atoms with Crippen LogP contribution < -0.4 is 5.32 Å². The monoisotopic (exact) mass is 361 g/mol. The number of para-hydroxylation sites is 1. The lowest BCUT2D eigenvalue weighted by molar-refractivity contribution is 0.0899. The third-order valence-corrected chi connectivity index (χ3v) is 7.17. The van der Waals surface area contributed by atoms with Gasteiger partial charge in [0.05, 0.1) is 17.1 Å². The molecule has 3 heterocycles. The van der Waals surface area contributed by atoms with Crippen LogP contribution in [0.15, 0.2) is 30.5 Å². The van der Waals surface area contributed by atoms with Crippen LogP contribution in [0.3, 0.4) is 0 Å². The van der Waals surface area contributed by atoms with Crippen LogP contribution in [0.25, 0.3) is 10.9 Å². The van der Waals surface area contributed by atoms with E-state index in [1.54, 1.807) is 6.20 Å². The molecule has 1 unspecified atom stereocenters. The Morgan fingerprint density at radius 1 is 1.16 bits per heavy atom. The number of hydrogen-bond acceptors (Lipinski definition) is 4. The number of H-pyrrole nitrogens is 1. The van der Waals surface area contributed by atoms with Gasteiger partial charge in [0.1, 0.15) is 0 Å². The number of hydrogen-bond donors (Lipinski definition) is 2. The molecule has 0 bridgehead atoms. The molecule has 1 amide bonds. The van der Waals surface area contributed by atoms with E-state index >= 15 is 0 Å². The maximum Gasteiger partial charge on any atom is 0.253 e. The number of piperidine rings is 1. The zero-order valence-corrected chi connectivity index (χ0v) is 14.9. The van der Waals surface area contributed by atoms with E-state index in [-0.39, 0.29) is 18.0 Å². The molecule has 6 nitrogen and oxygen atoms in total. The Kier molecular flexibility index (Phi) is 4.29. The molecular formula is C18H23N3O3S. The first-order valence-corrected chi connectivity index (χ1v) is 10.7. The smallest absolute Gasteiger partial charge is 0.253 e. The molecule has 0 aliphatic carbocycles. The van der Waals surface area contributed by atoms with E-state index < -0.39 is 9.84 Å². The number of aromatic amines is 1. The first-order chi connectivity index (χ1) is 12.0. The first kappa shape index (κ1) is 16.6. The minimum atomic E-state index is -2.84. The number of carbonyl (C=O) groups is 1. The molecule has 0 saturated carbocycles. The van der Waals surface area contributed by atoms with Gasteiger partial charge in [-0.15, -0.1) is 0 Å². The number of sulfone groups is 1. The molecule has 2 aromatic rings. The highest BCUT2D eigenvalue weighted by Gasteiger charge is 2.34. The van der Waals surface area contributed by atoms with Gasteiger partial charge in [-0.2, -0.15) is 0 Å². The second kappa shape index (κ2) is 6.46. The number of carbonyl (C=O) groups excluding carboxylic acids is 1. The van der Waals surface area contributed by atoms with Gasteiger partial charge >= 0.3 is 0 Å². The minimum absolute atomic E-state index is 0.0423. The average Bonchev–Trinajstić information content (AvgIpc) is 3.19. The van der Waals surface area contributed by atoms with Crippen LogP contribution in [0.5, 0.6) is 0 Å². The number of nitrogens with zero attached hydrogens (tertiary/aromatic N) is 1. The Balaban J connectivity index is 1.35. The third-order valence-electron chi connectivity index (χ3n) is 5.42. The standard InChI is InChI=1S/C18H23N3O3S/c22-18(16-11-19-17-4-2-1-3-15(16)17)20-13-5-8-21(9-6-13)14-7-10-25(23,24)12-14/h1-4,11,13-14,19H,5-10,12H2,(H,20,22). The highest BCUT2D eigenvalue weighted by molar-refractivity contribution is 7.91. The minimum Gasteiger partial charge on any atom is -0.360 e. The van der Waals surface area contributed by atoms with Crippen molar-refractivity contribution in [1.29, 1.82) is 0 Å². The lowest BCUT2D eigenvalue weighted by atomic mass is 10.0. The second-order valence-corrected chi connectivity index (χ2v) is 9.32. The van der Waals surface area contributed by atoms with Gasteiger partial charge in [-0.25, -0.2) is 8.42 Å². The van der Waals surface area contributed by atoms with E-state index in [2.05, 4.69) is 15.2 Å². The summed E-state index contributed by atoms with van der Waals surface area (Å²) in [6, 6.07) is 8.09. The van der Waals surface area contributed by atoms with Crippen LogP contribution in [0.2, 0.25) is 0 Å². The number of aromatic nitrogens is 1. The summed E-state index contributed by atoms with van der Waals surface area (Å²) in [6.45, 7) is 1.69. The molecule has 2 aliphatic heterocycles. The van der Waals surface area contributed by atoms with Gasteiger partial charge in [0.15, 0.2) is 9.84 Å². The molecular weight excluding hydrogens is 338 g/mol. The van der Waals surface area contributed by atoms with Crippen molar-refractivity contribution >= 4 is 26.6 Å². The molecule has 2 fully saturated rings.